The highest BCUT2D eigenvalue weighted by atomic mass is 127. The predicted molar refractivity (Wildman–Crippen MR) is 85.2 cm³/mol. The maximum atomic E-state index is 6.11. The predicted octanol–water partition coefficient (Wildman–Crippen LogP) is 4.13. The van der Waals surface area contributed by atoms with Gasteiger partial charge in [-0.05, 0) is 65.6 Å². The van der Waals surface area contributed by atoms with Gasteiger partial charge in [-0.3, -0.25) is 0 Å². The van der Waals surface area contributed by atoms with Gasteiger partial charge in [0.25, 0.3) is 0 Å². The highest BCUT2D eigenvalue weighted by Gasteiger charge is 2.22. The number of hydrogen-bond donors (Lipinski definition) is 1. The second-order valence-corrected chi connectivity index (χ2v) is 6.41. The highest BCUT2D eigenvalue weighted by Crippen LogP contribution is 2.32. The molecule has 2 rings (SSSR count). The minimum atomic E-state index is -0.0825. The summed E-state index contributed by atoms with van der Waals surface area (Å²) in [4.78, 5) is 1.21. The molecule has 1 heterocycles. The van der Waals surface area contributed by atoms with E-state index < -0.39 is 0 Å². The van der Waals surface area contributed by atoms with Crippen LogP contribution in [0, 0.1) is 10.5 Å². The van der Waals surface area contributed by atoms with E-state index in [4.69, 9.17) is 10.5 Å². The number of ether oxygens (including phenoxy) is 1. The molecule has 2 aromatic rings. The number of thiophene rings is 1. The fourth-order valence-electron chi connectivity index (χ4n) is 1.75. The van der Waals surface area contributed by atoms with Crippen molar-refractivity contribution in [3.8, 4) is 5.75 Å². The average molecular weight is 373 g/mol. The van der Waals surface area contributed by atoms with Crippen molar-refractivity contribution in [3.63, 3.8) is 0 Å². The largest absolute Gasteiger partial charge is 0.482 e. The van der Waals surface area contributed by atoms with E-state index in [1.807, 2.05) is 31.2 Å². The van der Waals surface area contributed by atoms with Gasteiger partial charge in [-0.25, -0.2) is 0 Å². The first-order valence-corrected chi connectivity index (χ1v) is 7.76. The summed E-state index contributed by atoms with van der Waals surface area (Å²) in [7, 11) is 0. The van der Waals surface area contributed by atoms with E-state index in [0.29, 0.717) is 0 Å². The van der Waals surface area contributed by atoms with Crippen LogP contribution in [0.15, 0.2) is 35.7 Å². The maximum absolute atomic E-state index is 6.11. The van der Waals surface area contributed by atoms with Crippen molar-refractivity contribution in [1.29, 1.82) is 0 Å². The monoisotopic (exact) mass is 373 g/mol. The van der Waals surface area contributed by atoms with Crippen LogP contribution < -0.4 is 10.5 Å². The van der Waals surface area contributed by atoms with Crippen LogP contribution >= 0.6 is 33.9 Å². The van der Waals surface area contributed by atoms with Gasteiger partial charge in [0.1, 0.15) is 11.9 Å². The van der Waals surface area contributed by atoms with Gasteiger partial charge in [-0.2, -0.15) is 0 Å². The molecule has 0 saturated carbocycles. The van der Waals surface area contributed by atoms with Gasteiger partial charge in [-0.15, -0.1) is 11.3 Å². The van der Waals surface area contributed by atoms with Gasteiger partial charge in [0.15, 0.2) is 0 Å². The van der Waals surface area contributed by atoms with E-state index in [2.05, 4.69) is 41.0 Å². The van der Waals surface area contributed by atoms with Crippen molar-refractivity contribution in [1.82, 2.24) is 0 Å². The van der Waals surface area contributed by atoms with Crippen molar-refractivity contribution >= 4 is 33.9 Å². The minimum Gasteiger partial charge on any atom is -0.482 e. The van der Waals surface area contributed by atoms with E-state index in [9.17, 15) is 0 Å². The molecule has 0 amide bonds. The summed E-state index contributed by atoms with van der Waals surface area (Å²) in [6, 6.07) is 10.1. The average Bonchev–Trinajstić information content (AvgIpc) is 2.74. The van der Waals surface area contributed by atoms with Crippen LogP contribution in [0.3, 0.4) is 0 Å². The molecule has 18 heavy (non-hydrogen) atoms. The topological polar surface area (TPSA) is 35.2 Å². The summed E-state index contributed by atoms with van der Waals surface area (Å²) in [5.74, 6) is 0.896. The Balaban J connectivity index is 2.28. The first-order chi connectivity index (χ1) is 8.59. The molecule has 0 fully saturated rings. The number of benzene rings is 1. The van der Waals surface area contributed by atoms with Crippen LogP contribution in [0.2, 0.25) is 0 Å². The molecule has 2 atom stereocenters. The highest BCUT2D eigenvalue weighted by molar-refractivity contribution is 14.1. The molecule has 0 aliphatic carbocycles. The third-order valence-corrected chi connectivity index (χ3v) is 4.70. The van der Waals surface area contributed by atoms with E-state index in [1.54, 1.807) is 11.3 Å². The summed E-state index contributed by atoms with van der Waals surface area (Å²) in [6.45, 7) is 4.08. The number of hydrogen-bond acceptors (Lipinski definition) is 3. The number of para-hydroxylation sites is 1. The van der Waals surface area contributed by atoms with Crippen LogP contribution in [0.5, 0.6) is 5.75 Å². The molecule has 1 aromatic carbocycles. The van der Waals surface area contributed by atoms with Gasteiger partial charge in [0, 0.05) is 10.9 Å². The lowest BCUT2D eigenvalue weighted by Gasteiger charge is -2.23. The fourth-order valence-corrected chi connectivity index (χ4v) is 3.34. The molecule has 0 saturated heterocycles. The van der Waals surface area contributed by atoms with Gasteiger partial charge < -0.3 is 10.5 Å². The quantitative estimate of drug-likeness (QED) is 0.818. The molecule has 0 radical (unpaired) electrons. The Bertz CT molecular complexity index is 524. The molecule has 0 bridgehead atoms. The number of aryl methyl sites for hydroxylation is 1. The summed E-state index contributed by atoms with van der Waals surface area (Å²) in [6.07, 6.45) is -0.0825. The third kappa shape index (κ3) is 3.05. The lowest BCUT2D eigenvalue weighted by molar-refractivity contribution is 0.182. The molecule has 4 heteroatoms. The molecule has 2 nitrogen and oxygen atoms in total. The Morgan fingerprint density at radius 2 is 2.00 bits per heavy atom. The fraction of sp³-hybridized carbons (Fsp3) is 0.286. The molecular formula is C14H16INOS. The van der Waals surface area contributed by atoms with Gasteiger partial charge in [-0.1, -0.05) is 12.1 Å². The minimum absolute atomic E-state index is 0.0432. The summed E-state index contributed by atoms with van der Waals surface area (Å²) in [5.41, 5.74) is 7.32. The van der Waals surface area contributed by atoms with Crippen molar-refractivity contribution < 1.29 is 4.74 Å². The molecule has 0 aliphatic heterocycles. The summed E-state index contributed by atoms with van der Waals surface area (Å²) >= 11 is 3.98. The smallest absolute Gasteiger partial charge is 0.148 e. The first kappa shape index (κ1) is 13.8. The molecule has 2 N–H and O–H groups in total. The number of halogens is 1. The molecule has 96 valence electrons. The van der Waals surface area contributed by atoms with E-state index in [1.165, 1.54) is 10.4 Å². The number of rotatable bonds is 4. The number of nitrogens with two attached hydrogens (primary N) is 1. The molecule has 1 aromatic heterocycles. The van der Waals surface area contributed by atoms with Crippen LogP contribution in [-0.4, -0.2) is 6.04 Å². The second-order valence-electron chi connectivity index (χ2n) is 4.30. The summed E-state index contributed by atoms with van der Waals surface area (Å²) in [5, 5.41) is 2.08. The van der Waals surface area contributed by atoms with Crippen LogP contribution in [0.1, 0.15) is 23.5 Å². The van der Waals surface area contributed by atoms with E-state index in [-0.39, 0.29) is 12.1 Å². The van der Waals surface area contributed by atoms with Crippen molar-refractivity contribution in [2.75, 3.05) is 0 Å². The Morgan fingerprint density at radius 1 is 1.28 bits per heavy atom. The van der Waals surface area contributed by atoms with Gasteiger partial charge in [0.05, 0.1) is 3.57 Å². The molecule has 0 aliphatic rings. The van der Waals surface area contributed by atoms with E-state index in [0.717, 1.165) is 9.32 Å². The molecule has 0 spiro atoms. The third-order valence-electron chi connectivity index (χ3n) is 2.73. The Hall–Kier alpha value is -0.590. The summed E-state index contributed by atoms with van der Waals surface area (Å²) < 4.78 is 7.22. The van der Waals surface area contributed by atoms with Crippen LogP contribution in [-0.2, 0) is 0 Å². The standard InChI is InChI=1S/C14H16INOS/c1-9-7-8-18-14(9)13(10(2)16)17-12-6-4-3-5-11(12)15/h3-8,10,13H,16H2,1-2H3. The lowest BCUT2D eigenvalue weighted by Crippen LogP contribution is -2.29. The van der Waals surface area contributed by atoms with Crippen LogP contribution in [0.4, 0.5) is 0 Å². The Morgan fingerprint density at radius 3 is 2.56 bits per heavy atom. The van der Waals surface area contributed by atoms with Gasteiger partial charge in [0.2, 0.25) is 0 Å². The Labute approximate surface area is 125 Å². The van der Waals surface area contributed by atoms with Crippen LogP contribution in [0.25, 0.3) is 0 Å². The van der Waals surface area contributed by atoms with Crippen molar-refractivity contribution in [3.05, 3.63) is 49.7 Å². The maximum Gasteiger partial charge on any atom is 0.148 e. The first-order valence-electron chi connectivity index (χ1n) is 5.80. The zero-order valence-corrected chi connectivity index (χ0v) is 13.4. The van der Waals surface area contributed by atoms with Crippen molar-refractivity contribution in [2.24, 2.45) is 5.73 Å². The zero-order chi connectivity index (χ0) is 13.1. The molecular weight excluding hydrogens is 357 g/mol. The Kier molecular flexibility index (Phi) is 4.64. The van der Waals surface area contributed by atoms with Gasteiger partial charge >= 0.3 is 0 Å². The SMILES string of the molecule is Cc1ccsc1C(Oc1ccccc1I)C(C)N. The molecule has 2 unspecified atom stereocenters. The zero-order valence-electron chi connectivity index (χ0n) is 10.4. The normalized spacial score (nSPS) is 14.2. The van der Waals surface area contributed by atoms with E-state index >= 15 is 0 Å². The second kappa shape index (κ2) is 6.04. The van der Waals surface area contributed by atoms with Crippen molar-refractivity contribution in [2.45, 2.75) is 26.0 Å². The lowest BCUT2D eigenvalue weighted by atomic mass is 10.1.